The lowest BCUT2D eigenvalue weighted by Crippen LogP contribution is -2.07. The maximum atomic E-state index is 13.5. The molecule has 1 heterocycles. The van der Waals surface area contributed by atoms with Gasteiger partial charge >= 0.3 is 0 Å². The van der Waals surface area contributed by atoms with E-state index in [-0.39, 0.29) is 11.7 Å². The van der Waals surface area contributed by atoms with Gasteiger partial charge in [0.15, 0.2) is 0 Å². The van der Waals surface area contributed by atoms with Crippen molar-refractivity contribution in [3.8, 4) is 0 Å². The topological polar surface area (TPSA) is 30.7 Å². The van der Waals surface area contributed by atoms with Crippen molar-refractivity contribution in [1.82, 2.24) is 14.8 Å². The third-order valence-electron chi connectivity index (χ3n) is 2.15. The highest BCUT2D eigenvalue weighted by molar-refractivity contribution is 6.30. The summed E-state index contributed by atoms with van der Waals surface area (Å²) < 4.78 is 15.1. The van der Waals surface area contributed by atoms with Crippen LogP contribution in [0, 0.1) is 5.82 Å². The van der Waals surface area contributed by atoms with Crippen LogP contribution in [-0.4, -0.2) is 14.8 Å². The molecular formula is C10H8Cl2FN3. The summed E-state index contributed by atoms with van der Waals surface area (Å²) in [5.74, 6) is 0.495. The first kappa shape index (κ1) is 11.4. The molecule has 16 heavy (non-hydrogen) atoms. The van der Waals surface area contributed by atoms with Gasteiger partial charge in [-0.15, -0.1) is 11.6 Å². The molecule has 1 aromatic carbocycles. The highest BCUT2D eigenvalue weighted by Gasteiger charge is 2.07. The van der Waals surface area contributed by atoms with Gasteiger partial charge in [-0.2, -0.15) is 5.10 Å². The second-order valence-electron chi connectivity index (χ2n) is 3.20. The molecule has 3 nitrogen and oxygen atoms in total. The van der Waals surface area contributed by atoms with E-state index in [2.05, 4.69) is 10.1 Å². The summed E-state index contributed by atoms with van der Waals surface area (Å²) in [6.45, 7) is 0.297. The molecule has 0 aliphatic heterocycles. The van der Waals surface area contributed by atoms with Crippen LogP contribution in [0.25, 0.3) is 0 Å². The van der Waals surface area contributed by atoms with Crippen molar-refractivity contribution in [2.24, 2.45) is 0 Å². The minimum Gasteiger partial charge on any atom is -0.244 e. The molecule has 0 atom stereocenters. The largest absolute Gasteiger partial charge is 0.244 e. The maximum absolute atomic E-state index is 13.5. The Bertz CT molecular complexity index is 499. The number of hydrogen-bond donors (Lipinski definition) is 0. The molecule has 0 unspecified atom stereocenters. The summed E-state index contributed by atoms with van der Waals surface area (Å²) in [5.41, 5.74) is 0.501. The van der Waals surface area contributed by atoms with E-state index in [9.17, 15) is 4.39 Å². The van der Waals surface area contributed by atoms with E-state index < -0.39 is 0 Å². The van der Waals surface area contributed by atoms with Crippen molar-refractivity contribution in [1.29, 1.82) is 0 Å². The molecule has 2 aromatic rings. The Morgan fingerprint density at radius 1 is 1.38 bits per heavy atom. The van der Waals surface area contributed by atoms with Gasteiger partial charge in [0, 0.05) is 10.6 Å². The molecule has 0 aliphatic rings. The normalized spacial score (nSPS) is 10.7. The zero-order valence-corrected chi connectivity index (χ0v) is 9.71. The van der Waals surface area contributed by atoms with Gasteiger partial charge in [0.25, 0.3) is 0 Å². The van der Waals surface area contributed by atoms with Crippen LogP contribution in [0.1, 0.15) is 11.4 Å². The van der Waals surface area contributed by atoms with Gasteiger partial charge in [-0.3, -0.25) is 0 Å². The summed E-state index contributed by atoms with van der Waals surface area (Å²) in [4.78, 5) is 3.95. The second kappa shape index (κ2) is 4.80. The number of alkyl halides is 1. The molecule has 0 radical (unpaired) electrons. The van der Waals surface area contributed by atoms with E-state index in [1.54, 1.807) is 16.8 Å². The van der Waals surface area contributed by atoms with Gasteiger partial charge in [0.1, 0.15) is 18.0 Å². The van der Waals surface area contributed by atoms with E-state index in [0.717, 1.165) is 0 Å². The number of nitrogens with zero attached hydrogens (tertiary/aromatic N) is 3. The minimum atomic E-state index is -0.358. The van der Waals surface area contributed by atoms with Crippen molar-refractivity contribution in [2.75, 3.05) is 0 Å². The van der Waals surface area contributed by atoms with Gasteiger partial charge in [-0.25, -0.2) is 14.1 Å². The molecule has 1 aromatic heterocycles. The van der Waals surface area contributed by atoms with Crippen LogP contribution in [0.4, 0.5) is 4.39 Å². The van der Waals surface area contributed by atoms with E-state index in [0.29, 0.717) is 23.0 Å². The molecule has 0 aliphatic carbocycles. The number of halogens is 3. The van der Waals surface area contributed by atoms with E-state index in [1.165, 1.54) is 12.4 Å². The molecule has 0 saturated heterocycles. The van der Waals surface area contributed by atoms with Gasteiger partial charge < -0.3 is 0 Å². The molecule has 84 valence electrons. The van der Waals surface area contributed by atoms with Gasteiger partial charge in [-0.1, -0.05) is 17.7 Å². The third kappa shape index (κ3) is 2.33. The fourth-order valence-electron chi connectivity index (χ4n) is 1.33. The van der Waals surface area contributed by atoms with E-state index in [4.69, 9.17) is 23.2 Å². The zero-order chi connectivity index (χ0) is 11.5. The van der Waals surface area contributed by atoms with Crippen molar-refractivity contribution in [3.05, 3.63) is 46.8 Å². The predicted molar refractivity (Wildman–Crippen MR) is 60.1 cm³/mol. The smallest absolute Gasteiger partial charge is 0.142 e. The highest BCUT2D eigenvalue weighted by Crippen LogP contribution is 2.15. The fraction of sp³-hybridized carbons (Fsp3) is 0.200. The van der Waals surface area contributed by atoms with Crippen molar-refractivity contribution < 1.29 is 4.39 Å². The van der Waals surface area contributed by atoms with Crippen LogP contribution in [0.5, 0.6) is 0 Å². The quantitative estimate of drug-likeness (QED) is 0.794. The average molecular weight is 260 g/mol. The van der Waals surface area contributed by atoms with Crippen LogP contribution >= 0.6 is 23.2 Å². The Balaban J connectivity index is 2.27. The first-order valence-electron chi connectivity index (χ1n) is 4.57. The molecule has 0 saturated carbocycles. The molecule has 2 rings (SSSR count). The zero-order valence-electron chi connectivity index (χ0n) is 8.20. The SMILES string of the molecule is Fc1cc(Cl)ccc1Cn1ncnc1CCl. The monoisotopic (exact) mass is 259 g/mol. The molecule has 0 amide bonds. The van der Waals surface area contributed by atoms with Crippen molar-refractivity contribution >= 4 is 23.2 Å². The lowest BCUT2D eigenvalue weighted by atomic mass is 10.2. The second-order valence-corrected chi connectivity index (χ2v) is 3.91. The van der Waals surface area contributed by atoms with E-state index in [1.807, 2.05) is 0 Å². The third-order valence-corrected chi connectivity index (χ3v) is 2.62. The number of benzene rings is 1. The molecule has 0 bridgehead atoms. The summed E-state index contributed by atoms with van der Waals surface area (Å²) in [6.07, 6.45) is 1.39. The van der Waals surface area contributed by atoms with Crippen LogP contribution in [0.3, 0.4) is 0 Å². The Morgan fingerprint density at radius 2 is 2.19 bits per heavy atom. The van der Waals surface area contributed by atoms with Crippen LogP contribution in [-0.2, 0) is 12.4 Å². The van der Waals surface area contributed by atoms with Gasteiger partial charge in [-0.05, 0) is 12.1 Å². The Hall–Kier alpha value is -1.13. The Kier molecular flexibility index (Phi) is 3.41. The van der Waals surface area contributed by atoms with Crippen LogP contribution in [0.15, 0.2) is 24.5 Å². The number of rotatable bonds is 3. The summed E-state index contributed by atoms with van der Waals surface area (Å²) in [5, 5.41) is 4.34. The molecule has 0 fully saturated rings. The molecule has 0 spiro atoms. The molecule has 0 N–H and O–H groups in total. The molecule has 6 heteroatoms. The Labute approximate surface area is 102 Å². The molecular weight excluding hydrogens is 252 g/mol. The first-order valence-corrected chi connectivity index (χ1v) is 5.48. The van der Waals surface area contributed by atoms with Crippen molar-refractivity contribution in [3.63, 3.8) is 0 Å². The standard InChI is InChI=1S/C10H8Cl2FN3/c11-4-10-14-6-15-16(10)5-7-1-2-8(12)3-9(7)13/h1-3,6H,4-5H2. The lowest BCUT2D eigenvalue weighted by Gasteiger charge is -2.05. The summed E-state index contributed by atoms with van der Waals surface area (Å²) in [6, 6.07) is 4.53. The van der Waals surface area contributed by atoms with E-state index >= 15 is 0 Å². The predicted octanol–water partition coefficient (Wildman–Crippen LogP) is 2.86. The van der Waals surface area contributed by atoms with Gasteiger partial charge in [0.2, 0.25) is 0 Å². The highest BCUT2D eigenvalue weighted by atomic mass is 35.5. The summed E-state index contributed by atoms with van der Waals surface area (Å²) in [7, 11) is 0. The summed E-state index contributed by atoms with van der Waals surface area (Å²) >= 11 is 11.3. The van der Waals surface area contributed by atoms with Crippen molar-refractivity contribution in [2.45, 2.75) is 12.4 Å². The van der Waals surface area contributed by atoms with Crippen LogP contribution in [0.2, 0.25) is 5.02 Å². The maximum Gasteiger partial charge on any atom is 0.142 e. The van der Waals surface area contributed by atoms with Gasteiger partial charge in [0.05, 0.1) is 12.4 Å². The minimum absolute atomic E-state index is 0.245. The lowest BCUT2D eigenvalue weighted by molar-refractivity contribution is 0.578. The Morgan fingerprint density at radius 3 is 2.88 bits per heavy atom. The van der Waals surface area contributed by atoms with Crippen LogP contribution < -0.4 is 0 Å². The average Bonchev–Trinajstić information content (AvgIpc) is 2.69. The fourth-order valence-corrected chi connectivity index (χ4v) is 1.70. The number of aromatic nitrogens is 3. The first-order chi connectivity index (χ1) is 7.70. The number of hydrogen-bond acceptors (Lipinski definition) is 2.